The number of benzene rings is 1. The molecule has 2 rings (SSSR count). The molecule has 0 atom stereocenters. The monoisotopic (exact) mass is 299 g/mol. The number of carbonyl (C=O) groups is 2. The van der Waals surface area contributed by atoms with Crippen molar-refractivity contribution in [3.63, 3.8) is 0 Å². The number of hydrogen-bond acceptors (Lipinski definition) is 3. The van der Waals surface area contributed by atoms with Crippen molar-refractivity contribution < 1.29 is 9.59 Å². The number of hydrazone groups is 1. The van der Waals surface area contributed by atoms with Gasteiger partial charge in [-0.25, -0.2) is 5.01 Å². The van der Waals surface area contributed by atoms with Crippen LogP contribution in [0.15, 0.2) is 23.3 Å². The van der Waals surface area contributed by atoms with Crippen molar-refractivity contribution >= 4 is 46.4 Å². The number of carbonyl (C=O) groups excluding carboxylic acids is 2. The zero-order valence-corrected chi connectivity index (χ0v) is 11.6. The van der Waals surface area contributed by atoms with Crippen molar-refractivity contribution in [2.24, 2.45) is 5.10 Å². The molecule has 0 unspecified atom stereocenters. The molecule has 0 spiro atoms. The number of nitrogens with zero attached hydrogens (tertiary/aromatic N) is 2. The molecule has 1 heterocycles. The standard InChI is InChI=1S/C12H11Cl2N3O2/c1-17-11(18)3-2-10(16-17)12(19)15-9-5-7(13)4-8(14)6-9/h4-6H,2-3H2,1H3,(H,15,19). The Morgan fingerprint density at radius 1 is 1.26 bits per heavy atom. The first kappa shape index (κ1) is 13.8. The van der Waals surface area contributed by atoms with Gasteiger partial charge in [-0.15, -0.1) is 0 Å². The molecule has 0 saturated heterocycles. The van der Waals surface area contributed by atoms with E-state index in [4.69, 9.17) is 23.2 Å². The first-order valence-electron chi connectivity index (χ1n) is 5.57. The van der Waals surface area contributed by atoms with Crippen LogP contribution in [-0.4, -0.2) is 29.6 Å². The van der Waals surface area contributed by atoms with E-state index in [0.717, 1.165) is 0 Å². The van der Waals surface area contributed by atoms with Gasteiger partial charge in [-0.1, -0.05) is 23.2 Å². The Kier molecular flexibility index (Phi) is 4.07. The molecule has 1 N–H and O–H groups in total. The molecule has 0 aromatic heterocycles. The lowest BCUT2D eigenvalue weighted by molar-refractivity contribution is -0.130. The summed E-state index contributed by atoms with van der Waals surface area (Å²) in [6.45, 7) is 0. The van der Waals surface area contributed by atoms with E-state index < -0.39 is 0 Å². The van der Waals surface area contributed by atoms with Crippen molar-refractivity contribution in [2.45, 2.75) is 12.8 Å². The van der Waals surface area contributed by atoms with E-state index in [1.54, 1.807) is 18.2 Å². The molecular weight excluding hydrogens is 289 g/mol. The summed E-state index contributed by atoms with van der Waals surface area (Å²) >= 11 is 11.7. The van der Waals surface area contributed by atoms with Crippen LogP contribution in [0.2, 0.25) is 10.0 Å². The highest BCUT2D eigenvalue weighted by Crippen LogP contribution is 2.22. The van der Waals surface area contributed by atoms with E-state index in [1.165, 1.54) is 12.1 Å². The van der Waals surface area contributed by atoms with Gasteiger partial charge < -0.3 is 5.32 Å². The number of halogens is 2. The SMILES string of the molecule is CN1N=C(C(=O)Nc2cc(Cl)cc(Cl)c2)CCC1=O. The van der Waals surface area contributed by atoms with Crippen molar-refractivity contribution in [2.75, 3.05) is 12.4 Å². The van der Waals surface area contributed by atoms with Gasteiger partial charge in [0.15, 0.2) is 0 Å². The van der Waals surface area contributed by atoms with Crippen molar-refractivity contribution in [3.05, 3.63) is 28.2 Å². The van der Waals surface area contributed by atoms with Crippen LogP contribution in [-0.2, 0) is 9.59 Å². The number of nitrogens with one attached hydrogen (secondary N) is 1. The zero-order chi connectivity index (χ0) is 14.0. The Hall–Kier alpha value is -1.59. The number of amides is 2. The van der Waals surface area contributed by atoms with Crippen LogP contribution in [0, 0.1) is 0 Å². The van der Waals surface area contributed by atoms with Crippen molar-refractivity contribution in [3.8, 4) is 0 Å². The first-order valence-corrected chi connectivity index (χ1v) is 6.33. The van der Waals surface area contributed by atoms with Gasteiger partial charge in [0, 0.05) is 35.6 Å². The Labute approximate surface area is 120 Å². The number of rotatable bonds is 2. The summed E-state index contributed by atoms with van der Waals surface area (Å²) in [5.41, 5.74) is 0.794. The predicted molar refractivity (Wildman–Crippen MR) is 74.5 cm³/mol. The molecule has 0 radical (unpaired) electrons. The topological polar surface area (TPSA) is 61.8 Å². The lowest BCUT2D eigenvalue weighted by Crippen LogP contribution is -2.34. The molecule has 1 aromatic carbocycles. The fourth-order valence-electron chi connectivity index (χ4n) is 1.66. The van der Waals surface area contributed by atoms with Gasteiger partial charge in [-0.05, 0) is 18.2 Å². The zero-order valence-electron chi connectivity index (χ0n) is 10.1. The van der Waals surface area contributed by atoms with Gasteiger partial charge in [0.1, 0.15) is 5.71 Å². The lowest BCUT2D eigenvalue weighted by atomic mass is 10.1. The second-order valence-electron chi connectivity index (χ2n) is 4.08. The smallest absolute Gasteiger partial charge is 0.271 e. The molecule has 1 aliphatic rings. The van der Waals surface area contributed by atoms with Crippen molar-refractivity contribution in [1.82, 2.24) is 5.01 Å². The second kappa shape index (κ2) is 5.59. The molecule has 100 valence electrons. The van der Waals surface area contributed by atoms with Gasteiger partial charge in [0.05, 0.1) is 0 Å². The third-order valence-electron chi connectivity index (χ3n) is 2.59. The molecule has 5 nitrogen and oxygen atoms in total. The Bertz CT molecular complexity index is 552. The van der Waals surface area contributed by atoms with Gasteiger partial charge in [0.25, 0.3) is 5.91 Å². The van der Waals surface area contributed by atoms with E-state index in [-0.39, 0.29) is 18.2 Å². The molecule has 0 bridgehead atoms. The molecule has 1 aromatic rings. The van der Waals surface area contributed by atoms with Crippen LogP contribution in [0.25, 0.3) is 0 Å². The number of hydrogen-bond donors (Lipinski definition) is 1. The minimum absolute atomic E-state index is 0.109. The molecule has 0 saturated carbocycles. The maximum atomic E-state index is 12.0. The number of anilines is 1. The normalized spacial score (nSPS) is 15.2. The van der Waals surface area contributed by atoms with Crippen molar-refractivity contribution in [1.29, 1.82) is 0 Å². The highest BCUT2D eigenvalue weighted by atomic mass is 35.5. The second-order valence-corrected chi connectivity index (χ2v) is 4.95. The predicted octanol–water partition coefficient (Wildman–Crippen LogP) is 2.54. The summed E-state index contributed by atoms with van der Waals surface area (Å²) in [6.07, 6.45) is 0.600. The maximum Gasteiger partial charge on any atom is 0.271 e. The summed E-state index contributed by atoms with van der Waals surface area (Å²) in [4.78, 5) is 23.2. The molecule has 2 amide bonds. The van der Waals surface area contributed by atoms with Gasteiger partial charge in [0.2, 0.25) is 5.91 Å². The van der Waals surface area contributed by atoms with Crippen LogP contribution in [0.4, 0.5) is 5.69 Å². The molecular formula is C12H11Cl2N3O2. The highest BCUT2D eigenvalue weighted by Gasteiger charge is 2.22. The lowest BCUT2D eigenvalue weighted by Gasteiger charge is -2.18. The van der Waals surface area contributed by atoms with Gasteiger partial charge >= 0.3 is 0 Å². The van der Waals surface area contributed by atoms with Gasteiger partial charge in [-0.2, -0.15) is 5.10 Å². The summed E-state index contributed by atoms with van der Waals surface area (Å²) in [6, 6.07) is 4.75. The van der Waals surface area contributed by atoms with Crippen LogP contribution < -0.4 is 5.32 Å². The third-order valence-corrected chi connectivity index (χ3v) is 3.03. The first-order chi connectivity index (χ1) is 8.95. The Morgan fingerprint density at radius 3 is 2.47 bits per heavy atom. The Balaban J connectivity index is 2.13. The Morgan fingerprint density at radius 2 is 1.89 bits per heavy atom. The summed E-state index contributed by atoms with van der Waals surface area (Å²) < 4.78 is 0. The van der Waals surface area contributed by atoms with E-state index in [9.17, 15) is 9.59 Å². The molecule has 0 fully saturated rings. The van der Waals surface area contributed by atoms with E-state index in [1.807, 2.05) is 0 Å². The summed E-state index contributed by atoms with van der Waals surface area (Å²) in [5, 5.41) is 8.61. The van der Waals surface area contributed by atoms with Crippen LogP contribution >= 0.6 is 23.2 Å². The summed E-state index contributed by atoms with van der Waals surface area (Å²) in [5.74, 6) is -0.472. The third kappa shape index (κ3) is 3.45. The summed E-state index contributed by atoms with van der Waals surface area (Å²) in [7, 11) is 1.52. The van der Waals surface area contributed by atoms with Crippen LogP contribution in [0.3, 0.4) is 0 Å². The van der Waals surface area contributed by atoms with E-state index in [2.05, 4.69) is 10.4 Å². The highest BCUT2D eigenvalue weighted by molar-refractivity contribution is 6.44. The van der Waals surface area contributed by atoms with Crippen LogP contribution in [0.1, 0.15) is 12.8 Å². The minimum atomic E-state index is -0.363. The van der Waals surface area contributed by atoms with E-state index >= 15 is 0 Å². The van der Waals surface area contributed by atoms with Crippen LogP contribution in [0.5, 0.6) is 0 Å². The molecule has 0 aliphatic carbocycles. The minimum Gasteiger partial charge on any atom is -0.321 e. The maximum absolute atomic E-state index is 12.0. The quantitative estimate of drug-likeness (QED) is 0.912. The largest absolute Gasteiger partial charge is 0.321 e. The average Bonchev–Trinajstić information content (AvgIpc) is 2.31. The molecule has 1 aliphatic heterocycles. The van der Waals surface area contributed by atoms with E-state index in [0.29, 0.717) is 27.9 Å². The average molecular weight is 300 g/mol. The fourth-order valence-corrected chi connectivity index (χ4v) is 2.19. The van der Waals surface area contributed by atoms with Gasteiger partial charge in [-0.3, -0.25) is 9.59 Å². The fraction of sp³-hybridized carbons (Fsp3) is 0.250. The molecule has 7 heteroatoms. The molecule has 19 heavy (non-hydrogen) atoms.